The first-order chi connectivity index (χ1) is 12.4. The smallest absolute Gasteiger partial charge is 0.206 e. The molecule has 1 aromatic carbocycles. The summed E-state index contributed by atoms with van der Waals surface area (Å²) in [6, 6.07) is 7.28. The molecule has 0 amide bonds. The van der Waals surface area contributed by atoms with Gasteiger partial charge in [0.1, 0.15) is 12.7 Å². The van der Waals surface area contributed by atoms with Crippen molar-refractivity contribution in [2.75, 3.05) is 0 Å². The molecule has 0 N–H and O–H groups in total. The lowest BCUT2D eigenvalue weighted by atomic mass is 10.2. The predicted octanol–water partition coefficient (Wildman–Crippen LogP) is 5.04. The van der Waals surface area contributed by atoms with Crippen LogP contribution in [0.15, 0.2) is 47.3 Å². The lowest BCUT2D eigenvalue weighted by Gasteiger charge is -2.08. The Morgan fingerprint density at radius 3 is 2.81 bits per heavy atom. The third-order valence-corrected chi connectivity index (χ3v) is 4.32. The van der Waals surface area contributed by atoms with Gasteiger partial charge in [0.25, 0.3) is 0 Å². The highest BCUT2D eigenvalue weighted by Crippen LogP contribution is 2.23. The van der Waals surface area contributed by atoms with Crippen molar-refractivity contribution in [3.8, 4) is 11.8 Å². The monoisotopic (exact) mass is 368 g/mol. The molecule has 0 fully saturated rings. The molecule has 0 spiro atoms. The normalized spacial score (nSPS) is 11.6. The van der Waals surface area contributed by atoms with Crippen LogP contribution in [0.1, 0.15) is 36.4 Å². The zero-order valence-electron chi connectivity index (χ0n) is 15.4. The molecule has 0 saturated carbocycles. The average Bonchev–Trinajstić information content (AvgIpc) is 2.91. The molecule has 2 aromatic rings. The van der Waals surface area contributed by atoms with Crippen LogP contribution in [-0.2, 0) is 11.3 Å². The van der Waals surface area contributed by atoms with Crippen LogP contribution in [0.25, 0.3) is 5.69 Å². The molecule has 2 rings (SSSR count). The van der Waals surface area contributed by atoms with Crippen molar-refractivity contribution in [3.05, 3.63) is 69.8 Å². The Morgan fingerprint density at radius 2 is 2.19 bits per heavy atom. The predicted molar refractivity (Wildman–Crippen MR) is 105 cm³/mol. The van der Waals surface area contributed by atoms with Crippen molar-refractivity contribution in [1.29, 1.82) is 5.26 Å². The quantitative estimate of drug-likeness (QED) is 0.530. The number of halogens is 1. The summed E-state index contributed by atoms with van der Waals surface area (Å²) < 4.78 is 7.44. The molecule has 0 aliphatic heterocycles. The summed E-state index contributed by atoms with van der Waals surface area (Å²) in [4.78, 5) is 4.18. The lowest BCUT2D eigenvalue weighted by molar-refractivity contribution is 0.197. The molecule has 0 bridgehead atoms. The molecule has 0 aliphatic carbocycles. The van der Waals surface area contributed by atoms with Gasteiger partial charge in [-0.2, -0.15) is 10.4 Å². The number of ether oxygens (including phenoxy) is 1. The summed E-state index contributed by atoms with van der Waals surface area (Å²) in [6.45, 7) is 11.9. The first kappa shape index (κ1) is 19.5. The Balaban J connectivity index is 2.20. The largest absolute Gasteiger partial charge is 0.473 e. The van der Waals surface area contributed by atoms with Gasteiger partial charge >= 0.3 is 0 Å². The maximum absolute atomic E-state index is 9.00. The van der Waals surface area contributed by atoms with Gasteiger partial charge in [-0.3, -0.25) is 0 Å². The first-order valence-corrected chi connectivity index (χ1v) is 8.49. The van der Waals surface area contributed by atoms with E-state index in [1.807, 2.05) is 39.8 Å². The van der Waals surface area contributed by atoms with Crippen LogP contribution in [0.5, 0.6) is 0 Å². The maximum atomic E-state index is 9.00. The number of hydrogen-bond donors (Lipinski definition) is 0. The summed E-state index contributed by atoms with van der Waals surface area (Å²) in [5.74, 6) is 0.346. The molecule has 0 atom stereocenters. The molecular weight excluding hydrogens is 348 g/mol. The van der Waals surface area contributed by atoms with Crippen LogP contribution in [0.4, 0.5) is 0 Å². The number of rotatable bonds is 6. The average molecular weight is 369 g/mol. The number of nitrogens with zero attached hydrogens (tertiary/aromatic N) is 4. The fraction of sp³-hybridized carbons (Fsp3) is 0.250. The van der Waals surface area contributed by atoms with E-state index in [1.165, 1.54) is 0 Å². The van der Waals surface area contributed by atoms with Gasteiger partial charge in [0.15, 0.2) is 0 Å². The Morgan fingerprint density at radius 1 is 1.46 bits per heavy atom. The molecule has 6 heteroatoms. The van der Waals surface area contributed by atoms with Crippen molar-refractivity contribution in [2.24, 2.45) is 4.99 Å². The van der Waals surface area contributed by atoms with Gasteiger partial charge in [-0.05, 0) is 58.0 Å². The second-order valence-electron chi connectivity index (χ2n) is 5.81. The second kappa shape index (κ2) is 8.50. The van der Waals surface area contributed by atoms with E-state index >= 15 is 0 Å². The molecular formula is C20H21ClN4O. The number of nitriles is 1. The fourth-order valence-electron chi connectivity index (χ4n) is 2.30. The summed E-state index contributed by atoms with van der Waals surface area (Å²) in [5, 5.41) is 14.0. The van der Waals surface area contributed by atoms with E-state index in [2.05, 4.69) is 22.7 Å². The molecule has 1 heterocycles. The minimum absolute atomic E-state index is 0.326. The van der Waals surface area contributed by atoms with Gasteiger partial charge in [0.2, 0.25) is 5.88 Å². The molecule has 0 unspecified atom stereocenters. The van der Waals surface area contributed by atoms with E-state index in [-0.39, 0.29) is 0 Å². The third-order valence-electron chi connectivity index (χ3n) is 4.01. The molecule has 26 heavy (non-hydrogen) atoms. The Hall–Kier alpha value is -2.84. The lowest BCUT2D eigenvalue weighted by Crippen LogP contribution is -2.00. The van der Waals surface area contributed by atoms with E-state index in [1.54, 1.807) is 23.0 Å². The Labute approximate surface area is 158 Å². The number of aryl methyl sites for hydroxylation is 1. The van der Waals surface area contributed by atoms with Crippen LogP contribution >= 0.6 is 11.6 Å². The minimum Gasteiger partial charge on any atom is -0.473 e. The van der Waals surface area contributed by atoms with Gasteiger partial charge in [-0.1, -0.05) is 17.7 Å². The van der Waals surface area contributed by atoms with Crippen LogP contribution < -0.4 is 0 Å². The van der Waals surface area contributed by atoms with Gasteiger partial charge in [0, 0.05) is 17.5 Å². The van der Waals surface area contributed by atoms with Crippen molar-refractivity contribution >= 4 is 17.8 Å². The number of hydrogen-bond acceptors (Lipinski definition) is 4. The minimum atomic E-state index is 0.326. The van der Waals surface area contributed by atoms with Crippen LogP contribution in [-0.4, -0.2) is 16.0 Å². The van der Waals surface area contributed by atoms with Gasteiger partial charge in [-0.15, -0.1) is 0 Å². The number of allylic oxidation sites excluding steroid dienone is 2. The zero-order chi connectivity index (χ0) is 19.3. The molecule has 5 nitrogen and oxygen atoms in total. The van der Waals surface area contributed by atoms with E-state index in [0.29, 0.717) is 23.1 Å². The van der Waals surface area contributed by atoms with E-state index < -0.39 is 0 Å². The number of aromatic nitrogens is 2. The standard InChI is InChI=1S/C20H21ClN4O/c1-6-13(2)11-23-16(5)26-12-19-14(3)24-25(15(19)4)18-8-7-17(10-22)20(21)9-18/h6-9,11H,5,12H2,1-4H3/b13-6-,23-11-. The summed E-state index contributed by atoms with van der Waals surface area (Å²) in [6.07, 6.45) is 3.67. The zero-order valence-corrected chi connectivity index (χ0v) is 16.1. The Kier molecular flexibility index (Phi) is 6.37. The van der Waals surface area contributed by atoms with E-state index in [0.717, 1.165) is 28.2 Å². The van der Waals surface area contributed by atoms with E-state index in [9.17, 15) is 0 Å². The Bertz CT molecular complexity index is 932. The van der Waals surface area contributed by atoms with Gasteiger partial charge in [-0.25, -0.2) is 9.67 Å². The highest BCUT2D eigenvalue weighted by molar-refractivity contribution is 6.31. The van der Waals surface area contributed by atoms with Crippen LogP contribution in [0.2, 0.25) is 5.02 Å². The fourth-order valence-corrected chi connectivity index (χ4v) is 2.52. The highest BCUT2D eigenvalue weighted by atomic mass is 35.5. The van der Waals surface area contributed by atoms with Gasteiger partial charge < -0.3 is 4.74 Å². The summed E-state index contributed by atoms with van der Waals surface area (Å²) in [5.41, 5.74) is 5.01. The molecule has 134 valence electrons. The van der Waals surface area contributed by atoms with Crippen LogP contribution in [0, 0.1) is 25.2 Å². The molecule has 0 radical (unpaired) electrons. The van der Waals surface area contributed by atoms with Crippen molar-refractivity contribution in [3.63, 3.8) is 0 Å². The highest BCUT2D eigenvalue weighted by Gasteiger charge is 2.14. The molecule has 0 aliphatic rings. The van der Waals surface area contributed by atoms with Crippen molar-refractivity contribution < 1.29 is 4.74 Å². The molecule has 1 aromatic heterocycles. The number of aliphatic imine (C=N–C) groups is 1. The summed E-state index contributed by atoms with van der Waals surface area (Å²) in [7, 11) is 0. The topological polar surface area (TPSA) is 63.2 Å². The SMILES string of the molecule is C=C(/N=C\C(C)=C/C)OCc1c(C)nn(-c2ccc(C#N)c(Cl)c2)c1C. The first-order valence-electron chi connectivity index (χ1n) is 8.11. The maximum Gasteiger partial charge on any atom is 0.206 e. The van der Waals surface area contributed by atoms with Crippen molar-refractivity contribution in [1.82, 2.24) is 9.78 Å². The van der Waals surface area contributed by atoms with Gasteiger partial charge in [0.05, 0.1) is 22.0 Å². The number of benzene rings is 1. The van der Waals surface area contributed by atoms with Crippen molar-refractivity contribution in [2.45, 2.75) is 34.3 Å². The third kappa shape index (κ3) is 4.41. The molecule has 0 saturated heterocycles. The second-order valence-corrected chi connectivity index (χ2v) is 6.22. The summed E-state index contributed by atoms with van der Waals surface area (Å²) >= 11 is 6.13. The van der Waals surface area contributed by atoms with Crippen LogP contribution in [0.3, 0.4) is 0 Å². The van der Waals surface area contributed by atoms with E-state index in [4.69, 9.17) is 21.6 Å².